The highest BCUT2D eigenvalue weighted by Gasteiger charge is 2.57. The Morgan fingerprint density at radius 2 is 1.91 bits per heavy atom. The molecular formula is C38H39F3N6O5S. The van der Waals surface area contributed by atoms with Crippen molar-refractivity contribution >= 4 is 50.6 Å². The van der Waals surface area contributed by atoms with Crippen molar-refractivity contribution in [3.63, 3.8) is 0 Å². The molecule has 5 heterocycles. The van der Waals surface area contributed by atoms with E-state index in [1.54, 1.807) is 11.1 Å². The van der Waals surface area contributed by atoms with Gasteiger partial charge in [-0.1, -0.05) is 12.6 Å². The summed E-state index contributed by atoms with van der Waals surface area (Å²) in [4.78, 5) is 38.1. The third-order valence-electron chi connectivity index (χ3n) is 12.0. The summed E-state index contributed by atoms with van der Waals surface area (Å²) in [5.74, 6) is 0.754. The van der Waals surface area contributed by atoms with Crippen LogP contribution in [0.3, 0.4) is 0 Å². The number of anilines is 1. The van der Waals surface area contributed by atoms with Crippen LogP contribution < -0.4 is 14.4 Å². The number of aromatic amines is 1. The number of piperidine rings is 1. The molecule has 53 heavy (non-hydrogen) atoms. The van der Waals surface area contributed by atoms with Crippen molar-refractivity contribution < 1.29 is 36.4 Å². The van der Waals surface area contributed by atoms with Gasteiger partial charge in [0.1, 0.15) is 28.5 Å². The van der Waals surface area contributed by atoms with Gasteiger partial charge in [-0.2, -0.15) is 28.2 Å². The van der Waals surface area contributed by atoms with Crippen LogP contribution in [0.5, 0.6) is 11.8 Å². The number of amides is 1. The molecule has 5 fully saturated rings. The molecule has 1 spiro atoms. The largest absolute Gasteiger partial charge is 0.481 e. The van der Waals surface area contributed by atoms with Gasteiger partial charge in [0.25, 0.3) is 0 Å². The van der Waals surface area contributed by atoms with E-state index in [9.17, 15) is 27.0 Å². The molecule has 1 unspecified atom stereocenters. The van der Waals surface area contributed by atoms with Crippen molar-refractivity contribution in [1.82, 2.24) is 25.1 Å². The number of fused-ring (bicyclic) bond motifs is 4. The number of carbonyl (C=O) groups is 2. The number of ether oxygens (including phenoxy) is 2. The van der Waals surface area contributed by atoms with Crippen LogP contribution in [0.25, 0.3) is 32.9 Å². The number of alkyl halides is 3. The van der Waals surface area contributed by atoms with Gasteiger partial charge < -0.3 is 24.1 Å². The first-order chi connectivity index (χ1) is 25.4. The second kappa shape index (κ2) is 12.3. The zero-order valence-corrected chi connectivity index (χ0v) is 30.0. The normalized spacial score (nSPS) is 26.3. The first-order valence-electron chi connectivity index (χ1n) is 18.1. The number of hydrogen-bond acceptors (Lipinski definition) is 9. The summed E-state index contributed by atoms with van der Waals surface area (Å²) in [5, 5.41) is 8.57. The van der Waals surface area contributed by atoms with Gasteiger partial charge in [0.15, 0.2) is 12.4 Å². The van der Waals surface area contributed by atoms with Crippen LogP contribution in [-0.2, 0) is 20.4 Å². The van der Waals surface area contributed by atoms with E-state index < -0.39 is 34.4 Å². The second-order valence-corrected chi connectivity index (χ2v) is 17.4. The predicted molar refractivity (Wildman–Crippen MR) is 192 cm³/mol. The van der Waals surface area contributed by atoms with Crippen molar-refractivity contribution in [1.29, 1.82) is 0 Å². The molecule has 0 radical (unpaired) electrons. The summed E-state index contributed by atoms with van der Waals surface area (Å²) < 4.78 is 66.4. The van der Waals surface area contributed by atoms with Crippen LogP contribution in [0.2, 0.25) is 0 Å². The van der Waals surface area contributed by atoms with Crippen LogP contribution >= 0.6 is 0 Å². The number of nitrogens with zero attached hydrogens (tertiary/aromatic N) is 5. The molecule has 5 aliphatic rings. The third-order valence-corrected chi connectivity index (χ3v) is 14.1. The highest BCUT2D eigenvalue weighted by molar-refractivity contribution is 7.87. The zero-order chi connectivity index (χ0) is 36.9. The monoisotopic (exact) mass is 748 g/mol. The van der Waals surface area contributed by atoms with Gasteiger partial charge >= 0.3 is 12.2 Å². The lowest BCUT2D eigenvalue weighted by Gasteiger charge is -2.54. The third kappa shape index (κ3) is 5.77. The zero-order valence-electron chi connectivity index (χ0n) is 29.2. The molecule has 15 heteroatoms. The molecule has 2 aliphatic carbocycles. The van der Waals surface area contributed by atoms with Gasteiger partial charge in [-0.3, -0.25) is 14.1 Å². The number of nitrogens with one attached hydrogen (secondary N) is 1. The van der Waals surface area contributed by atoms with Crippen molar-refractivity contribution in [3.8, 4) is 22.9 Å². The first-order valence-corrected chi connectivity index (χ1v) is 19.4. The molecule has 3 saturated heterocycles. The maximum absolute atomic E-state index is 14.1. The number of hydrogen-bond donors (Lipinski definition) is 1. The summed E-state index contributed by atoms with van der Waals surface area (Å²) >= 11 is 0. The standard InChI is InChI=1S/C38H39F3N6O5S/c1-3-29(49)47-17-36(18-47)8-10-46(11-9-36)34-25-12-24(22-5-6-22)31(30-21(2)4-7-27-26(30)15-42-45-27)33(51-20-38(39,40)41)32(25)43-35(44-34)52-28-14-37(19-48)13-23(28)16-53(37)50/h3-4,7,12,15,19,22-23,28H,1,5-6,8-11,13-14,16-18,20H2,2H3,(H,42,45)/t23-,28+,37-,53?/m0/s1. The number of aldehydes is 1. The van der Waals surface area contributed by atoms with Crippen LogP contribution in [0.15, 0.2) is 37.1 Å². The van der Waals surface area contributed by atoms with E-state index in [1.807, 2.05) is 25.1 Å². The van der Waals surface area contributed by atoms with Gasteiger partial charge in [-0.15, -0.1) is 0 Å². The molecule has 3 aliphatic heterocycles. The lowest BCUT2D eigenvalue weighted by atomic mass is 9.72. The first kappa shape index (κ1) is 34.3. The lowest BCUT2D eigenvalue weighted by molar-refractivity contribution is -0.153. The van der Waals surface area contributed by atoms with Crippen LogP contribution in [0, 0.1) is 18.3 Å². The van der Waals surface area contributed by atoms with E-state index in [2.05, 4.69) is 21.7 Å². The number of carbonyl (C=O) groups excluding carboxylic acids is 2. The van der Waals surface area contributed by atoms with E-state index in [1.165, 1.54) is 6.08 Å². The topological polar surface area (TPSA) is 131 Å². The number of likely N-dealkylation sites (tertiary alicyclic amines) is 1. The van der Waals surface area contributed by atoms with Crippen molar-refractivity contribution in [2.45, 2.75) is 68.4 Å². The maximum Gasteiger partial charge on any atom is 0.422 e. The molecule has 2 saturated carbocycles. The number of benzene rings is 2. The van der Waals surface area contributed by atoms with Gasteiger partial charge in [-0.25, -0.2) is 0 Å². The minimum atomic E-state index is -4.63. The van der Waals surface area contributed by atoms with Gasteiger partial charge in [0.2, 0.25) is 5.91 Å². The van der Waals surface area contributed by atoms with E-state index in [4.69, 9.17) is 19.4 Å². The van der Waals surface area contributed by atoms with E-state index >= 15 is 0 Å². The Morgan fingerprint density at radius 3 is 2.58 bits per heavy atom. The quantitative estimate of drug-likeness (QED) is 0.168. The molecule has 4 atom stereocenters. The highest BCUT2D eigenvalue weighted by Crippen LogP contribution is 2.54. The average Bonchev–Trinajstić information content (AvgIpc) is 3.63. The van der Waals surface area contributed by atoms with Crippen LogP contribution in [0.1, 0.15) is 55.6 Å². The molecule has 1 amide bonds. The Balaban J connectivity index is 1.21. The van der Waals surface area contributed by atoms with Gasteiger partial charge in [-0.05, 0) is 79.8 Å². The molecule has 4 aromatic rings. The molecule has 2 bridgehead atoms. The fourth-order valence-corrected chi connectivity index (χ4v) is 11.0. The summed E-state index contributed by atoms with van der Waals surface area (Å²) in [6.07, 6.45) is 2.72. The molecule has 2 aromatic heterocycles. The van der Waals surface area contributed by atoms with Gasteiger partial charge in [0, 0.05) is 76.8 Å². The van der Waals surface area contributed by atoms with Crippen molar-refractivity contribution in [3.05, 3.63) is 48.2 Å². The van der Waals surface area contributed by atoms with E-state index in [-0.39, 0.29) is 46.9 Å². The molecular weight excluding hydrogens is 710 g/mol. The molecule has 1 N–H and O–H groups in total. The fraction of sp³-hybridized carbons (Fsp3) is 0.500. The van der Waals surface area contributed by atoms with Crippen LogP contribution in [0.4, 0.5) is 19.0 Å². The molecule has 9 rings (SSSR count). The smallest absolute Gasteiger partial charge is 0.422 e. The number of rotatable bonds is 9. The highest BCUT2D eigenvalue weighted by atomic mass is 32.2. The Kier molecular flexibility index (Phi) is 7.92. The van der Waals surface area contributed by atoms with Crippen molar-refractivity contribution in [2.24, 2.45) is 11.3 Å². The Bertz CT molecular complexity index is 2210. The minimum absolute atomic E-state index is 0.0106. The number of H-pyrrole nitrogens is 1. The summed E-state index contributed by atoms with van der Waals surface area (Å²) in [5.41, 5.74) is 3.93. The Morgan fingerprint density at radius 1 is 1.13 bits per heavy atom. The number of aryl methyl sites for hydroxylation is 1. The second-order valence-electron chi connectivity index (χ2n) is 15.6. The van der Waals surface area contributed by atoms with E-state index in [0.29, 0.717) is 55.1 Å². The summed E-state index contributed by atoms with van der Waals surface area (Å²) in [7, 11) is -1.30. The number of aromatic nitrogens is 4. The summed E-state index contributed by atoms with van der Waals surface area (Å²) in [6.45, 7) is 6.52. The van der Waals surface area contributed by atoms with Crippen LogP contribution in [-0.4, -0.2) is 97.0 Å². The van der Waals surface area contributed by atoms with Crippen molar-refractivity contribution in [2.75, 3.05) is 43.4 Å². The average molecular weight is 749 g/mol. The maximum atomic E-state index is 14.1. The molecule has 2 aromatic carbocycles. The minimum Gasteiger partial charge on any atom is -0.481 e. The lowest BCUT2D eigenvalue weighted by Crippen LogP contribution is -2.61. The fourth-order valence-electron chi connectivity index (χ4n) is 9.10. The molecule has 278 valence electrons. The SMILES string of the molecule is C=CC(=O)N1CC2(CCN(c3nc(O[C@@H]4C[C@]5(C=O)C[C@H]4CS5=O)nc4c(OCC(F)(F)F)c(-c5c(C)ccc6[nH]ncc56)c(C5CC5)cc34)CC2)C1. The predicted octanol–water partition coefficient (Wildman–Crippen LogP) is 5.77. The number of halogens is 3. The molecule has 11 nitrogen and oxygen atoms in total. The van der Waals surface area contributed by atoms with Gasteiger partial charge in [0.05, 0.1) is 11.7 Å². The Labute approximate surface area is 305 Å². The van der Waals surface area contributed by atoms with E-state index in [0.717, 1.165) is 59.6 Å². The Hall–Kier alpha value is -4.53. The summed E-state index contributed by atoms with van der Waals surface area (Å²) in [6, 6.07) is 5.82.